The number of benzene rings is 2. The van der Waals surface area contributed by atoms with Crippen molar-refractivity contribution in [3.63, 3.8) is 0 Å². The molecular weight excluding hydrogens is 270 g/mol. The van der Waals surface area contributed by atoms with Crippen LogP contribution in [0.3, 0.4) is 0 Å². The normalized spacial score (nSPS) is 16.4. The van der Waals surface area contributed by atoms with Gasteiger partial charge in [0.1, 0.15) is 5.60 Å². The van der Waals surface area contributed by atoms with Crippen LogP contribution < -0.4 is 5.32 Å². The van der Waals surface area contributed by atoms with E-state index in [9.17, 15) is 5.11 Å². The van der Waals surface area contributed by atoms with Gasteiger partial charge in [-0.2, -0.15) is 0 Å². The molecule has 0 bridgehead atoms. The lowest BCUT2D eigenvalue weighted by atomic mass is 9.86. The SMILES string of the molecule is CC(C)NC(C)CCC1(O)c2ccccc2-c2ccccc21. The number of hydrogen-bond acceptors (Lipinski definition) is 2. The van der Waals surface area contributed by atoms with E-state index in [1.54, 1.807) is 0 Å². The van der Waals surface area contributed by atoms with E-state index in [1.807, 2.05) is 24.3 Å². The van der Waals surface area contributed by atoms with E-state index in [0.29, 0.717) is 12.1 Å². The van der Waals surface area contributed by atoms with E-state index in [4.69, 9.17) is 0 Å². The van der Waals surface area contributed by atoms with Crippen LogP contribution in [0.25, 0.3) is 11.1 Å². The van der Waals surface area contributed by atoms with Crippen molar-refractivity contribution >= 4 is 0 Å². The second-order valence-electron chi connectivity index (χ2n) is 6.71. The second kappa shape index (κ2) is 5.86. The molecule has 0 radical (unpaired) electrons. The first-order valence-electron chi connectivity index (χ1n) is 8.20. The zero-order chi connectivity index (χ0) is 15.7. The Morgan fingerprint density at radius 2 is 1.41 bits per heavy atom. The standard InChI is InChI=1S/C20H25NO/c1-14(2)21-15(3)12-13-20(22)18-10-6-4-8-16(18)17-9-5-7-11-19(17)20/h4-11,14-15,21-22H,12-13H2,1-3H3. The summed E-state index contributed by atoms with van der Waals surface area (Å²) in [6.45, 7) is 6.51. The minimum absolute atomic E-state index is 0.393. The average molecular weight is 295 g/mol. The summed E-state index contributed by atoms with van der Waals surface area (Å²) in [5.41, 5.74) is 3.58. The molecule has 0 saturated carbocycles. The van der Waals surface area contributed by atoms with E-state index in [0.717, 1.165) is 24.0 Å². The lowest BCUT2D eigenvalue weighted by Gasteiger charge is -2.28. The largest absolute Gasteiger partial charge is 0.380 e. The molecule has 1 aliphatic rings. The topological polar surface area (TPSA) is 32.3 Å². The molecule has 0 heterocycles. The van der Waals surface area contributed by atoms with Crippen LogP contribution in [0.4, 0.5) is 0 Å². The van der Waals surface area contributed by atoms with E-state index >= 15 is 0 Å². The van der Waals surface area contributed by atoms with Crippen LogP contribution in [-0.2, 0) is 5.60 Å². The van der Waals surface area contributed by atoms with E-state index in [2.05, 4.69) is 50.4 Å². The van der Waals surface area contributed by atoms with Crippen LogP contribution in [0.1, 0.15) is 44.7 Å². The Bertz CT molecular complexity index is 617. The van der Waals surface area contributed by atoms with Crippen molar-refractivity contribution in [3.8, 4) is 11.1 Å². The van der Waals surface area contributed by atoms with Gasteiger partial charge in [-0.3, -0.25) is 0 Å². The number of rotatable bonds is 5. The van der Waals surface area contributed by atoms with Gasteiger partial charge >= 0.3 is 0 Å². The van der Waals surface area contributed by atoms with Crippen LogP contribution in [0, 0.1) is 0 Å². The summed E-state index contributed by atoms with van der Waals surface area (Å²) >= 11 is 0. The van der Waals surface area contributed by atoms with Gasteiger partial charge in [0.15, 0.2) is 0 Å². The molecule has 1 atom stereocenters. The molecular formula is C20H25NO. The van der Waals surface area contributed by atoms with Gasteiger partial charge in [0.25, 0.3) is 0 Å². The fourth-order valence-corrected chi connectivity index (χ4v) is 3.65. The molecule has 0 fully saturated rings. The Morgan fingerprint density at radius 3 is 1.91 bits per heavy atom. The highest BCUT2D eigenvalue weighted by Crippen LogP contribution is 2.49. The third-order valence-corrected chi connectivity index (χ3v) is 4.59. The molecule has 1 aliphatic carbocycles. The van der Waals surface area contributed by atoms with Gasteiger partial charge < -0.3 is 10.4 Å². The van der Waals surface area contributed by atoms with Crippen LogP contribution in [0.15, 0.2) is 48.5 Å². The van der Waals surface area contributed by atoms with Gasteiger partial charge in [0.2, 0.25) is 0 Å². The third kappa shape index (κ3) is 2.57. The molecule has 0 aromatic heterocycles. The number of nitrogens with one attached hydrogen (secondary N) is 1. The van der Waals surface area contributed by atoms with Crippen molar-refractivity contribution in [1.29, 1.82) is 0 Å². The summed E-state index contributed by atoms with van der Waals surface area (Å²) in [5.74, 6) is 0. The van der Waals surface area contributed by atoms with Gasteiger partial charge in [-0.25, -0.2) is 0 Å². The summed E-state index contributed by atoms with van der Waals surface area (Å²) in [5, 5.41) is 15.0. The minimum atomic E-state index is -0.861. The van der Waals surface area contributed by atoms with E-state index < -0.39 is 5.60 Å². The quantitative estimate of drug-likeness (QED) is 0.871. The number of aliphatic hydroxyl groups is 1. The van der Waals surface area contributed by atoms with Crippen molar-refractivity contribution in [1.82, 2.24) is 5.32 Å². The zero-order valence-corrected chi connectivity index (χ0v) is 13.6. The monoisotopic (exact) mass is 295 g/mol. The summed E-state index contributed by atoms with van der Waals surface area (Å²) in [6, 6.07) is 17.3. The highest BCUT2D eigenvalue weighted by molar-refractivity contribution is 5.79. The fourth-order valence-electron chi connectivity index (χ4n) is 3.65. The van der Waals surface area contributed by atoms with Crippen molar-refractivity contribution in [2.24, 2.45) is 0 Å². The van der Waals surface area contributed by atoms with Gasteiger partial charge in [0, 0.05) is 12.1 Å². The molecule has 2 nitrogen and oxygen atoms in total. The molecule has 116 valence electrons. The summed E-state index contributed by atoms with van der Waals surface area (Å²) in [4.78, 5) is 0. The Labute approximate surface area is 133 Å². The lowest BCUT2D eigenvalue weighted by Crippen LogP contribution is -2.35. The smallest absolute Gasteiger partial charge is 0.116 e. The second-order valence-corrected chi connectivity index (χ2v) is 6.71. The van der Waals surface area contributed by atoms with Gasteiger partial charge in [-0.15, -0.1) is 0 Å². The first-order valence-corrected chi connectivity index (χ1v) is 8.20. The van der Waals surface area contributed by atoms with Gasteiger partial charge in [-0.05, 0) is 42.0 Å². The summed E-state index contributed by atoms with van der Waals surface area (Å²) < 4.78 is 0. The molecule has 2 N–H and O–H groups in total. The zero-order valence-electron chi connectivity index (χ0n) is 13.6. The molecule has 22 heavy (non-hydrogen) atoms. The Kier molecular flexibility index (Phi) is 4.07. The first-order chi connectivity index (χ1) is 10.5. The molecule has 2 aromatic rings. The maximum absolute atomic E-state index is 11.5. The van der Waals surface area contributed by atoms with Crippen molar-refractivity contribution in [3.05, 3.63) is 59.7 Å². The Hall–Kier alpha value is -1.64. The number of fused-ring (bicyclic) bond motifs is 3. The minimum Gasteiger partial charge on any atom is -0.380 e. The van der Waals surface area contributed by atoms with Crippen LogP contribution in [-0.4, -0.2) is 17.2 Å². The molecule has 0 amide bonds. The fraction of sp³-hybridized carbons (Fsp3) is 0.400. The predicted octanol–water partition coefficient (Wildman–Crippen LogP) is 4.07. The maximum Gasteiger partial charge on any atom is 0.116 e. The lowest BCUT2D eigenvalue weighted by molar-refractivity contribution is 0.0702. The molecule has 0 saturated heterocycles. The first kappa shape index (κ1) is 15.3. The summed E-state index contributed by atoms with van der Waals surface area (Å²) in [6.07, 6.45) is 1.68. The predicted molar refractivity (Wildman–Crippen MR) is 91.8 cm³/mol. The van der Waals surface area contributed by atoms with Crippen LogP contribution in [0.2, 0.25) is 0 Å². The van der Waals surface area contributed by atoms with E-state index in [1.165, 1.54) is 11.1 Å². The maximum atomic E-state index is 11.5. The Balaban J connectivity index is 1.92. The third-order valence-electron chi connectivity index (χ3n) is 4.59. The number of hydrogen-bond donors (Lipinski definition) is 2. The van der Waals surface area contributed by atoms with Crippen LogP contribution in [0.5, 0.6) is 0 Å². The van der Waals surface area contributed by atoms with Crippen molar-refractivity contribution in [2.75, 3.05) is 0 Å². The molecule has 0 spiro atoms. The molecule has 2 aromatic carbocycles. The van der Waals surface area contributed by atoms with Gasteiger partial charge in [-0.1, -0.05) is 62.4 Å². The summed E-state index contributed by atoms with van der Waals surface area (Å²) in [7, 11) is 0. The van der Waals surface area contributed by atoms with Crippen molar-refractivity contribution in [2.45, 2.75) is 51.3 Å². The average Bonchev–Trinajstić information content (AvgIpc) is 2.76. The van der Waals surface area contributed by atoms with Crippen molar-refractivity contribution < 1.29 is 5.11 Å². The molecule has 2 heteroatoms. The van der Waals surface area contributed by atoms with E-state index in [-0.39, 0.29) is 0 Å². The van der Waals surface area contributed by atoms with Gasteiger partial charge in [0.05, 0.1) is 0 Å². The molecule has 0 aliphatic heterocycles. The molecule has 1 unspecified atom stereocenters. The Morgan fingerprint density at radius 1 is 0.909 bits per heavy atom. The molecule has 3 rings (SSSR count). The van der Waals surface area contributed by atoms with Crippen LogP contribution >= 0.6 is 0 Å². The highest BCUT2D eigenvalue weighted by Gasteiger charge is 2.40. The highest BCUT2D eigenvalue weighted by atomic mass is 16.3.